The summed E-state index contributed by atoms with van der Waals surface area (Å²) in [5.74, 6) is 0.938. The van der Waals surface area contributed by atoms with Gasteiger partial charge < -0.3 is 14.5 Å². The number of benzene rings is 3. The fourth-order valence-electron chi connectivity index (χ4n) is 4.09. The van der Waals surface area contributed by atoms with E-state index in [0.29, 0.717) is 39.4 Å². The molecule has 0 saturated heterocycles. The van der Waals surface area contributed by atoms with Gasteiger partial charge in [-0.3, -0.25) is 9.78 Å². The van der Waals surface area contributed by atoms with Gasteiger partial charge in [-0.2, -0.15) is 5.26 Å². The first-order valence-electron chi connectivity index (χ1n) is 10.3. The molecule has 0 spiro atoms. The van der Waals surface area contributed by atoms with Crippen molar-refractivity contribution in [3.8, 4) is 34.4 Å². The molecular formula is C26H18N4O4. The lowest BCUT2D eigenvalue weighted by Gasteiger charge is -2.14. The lowest BCUT2D eigenvalue weighted by molar-refractivity contribution is 0.414. The van der Waals surface area contributed by atoms with E-state index in [-0.39, 0.29) is 5.39 Å². The summed E-state index contributed by atoms with van der Waals surface area (Å²) in [6, 6.07) is 17.8. The minimum Gasteiger partial charge on any atom is -0.497 e. The number of nitrogens with zero attached hydrogens (tertiary/aromatic N) is 3. The maximum absolute atomic E-state index is 13.5. The van der Waals surface area contributed by atoms with E-state index in [1.54, 1.807) is 36.5 Å². The van der Waals surface area contributed by atoms with Crippen molar-refractivity contribution in [1.29, 1.82) is 5.26 Å². The van der Waals surface area contributed by atoms with Crippen molar-refractivity contribution in [1.82, 2.24) is 14.5 Å². The molecule has 8 heteroatoms. The van der Waals surface area contributed by atoms with E-state index in [2.05, 4.69) is 16.0 Å². The Morgan fingerprint density at radius 2 is 1.76 bits per heavy atom. The average molecular weight is 450 g/mol. The summed E-state index contributed by atoms with van der Waals surface area (Å²) >= 11 is 0. The van der Waals surface area contributed by atoms with Crippen LogP contribution in [0.2, 0.25) is 0 Å². The number of hydrogen-bond acceptors (Lipinski definition) is 6. The number of nitrogens with one attached hydrogen (secondary N) is 1. The van der Waals surface area contributed by atoms with Gasteiger partial charge in [0.2, 0.25) is 0 Å². The first-order valence-corrected chi connectivity index (χ1v) is 10.3. The van der Waals surface area contributed by atoms with Crippen LogP contribution in [-0.4, -0.2) is 28.8 Å². The Kier molecular flexibility index (Phi) is 5.07. The number of nitriles is 1. The number of pyridine rings is 1. The van der Waals surface area contributed by atoms with Gasteiger partial charge in [0.1, 0.15) is 11.5 Å². The van der Waals surface area contributed by atoms with E-state index >= 15 is 0 Å². The van der Waals surface area contributed by atoms with Gasteiger partial charge in [0, 0.05) is 28.1 Å². The van der Waals surface area contributed by atoms with Crippen LogP contribution < -0.4 is 20.7 Å². The second-order valence-electron chi connectivity index (χ2n) is 7.57. The van der Waals surface area contributed by atoms with Crippen LogP contribution in [0.25, 0.3) is 38.5 Å². The molecule has 3 aromatic carbocycles. The molecule has 1 N–H and O–H groups in total. The minimum atomic E-state index is -0.599. The quantitative estimate of drug-likeness (QED) is 0.446. The number of rotatable bonds is 4. The second-order valence-corrected chi connectivity index (χ2v) is 7.57. The average Bonchev–Trinajstić information content (AvgIpc) is 2.87. The van der Waals surface area contributed by atoms with Crippen molar-refractivity contribution < 1.29 is 9.47 Å². The molecule has 0 aliphatic rings. The molecule has 0 saturated carbocycles. The van der Waals surface area contributed by atoms with Crippen molar-refractivity contribution in [2.75, 3.05) is 14.2 Å². The van der Waals surface area contributed by atoms with Crippen LogP contribution in [0.5, 0.6) is 11.5 Å². The number of aromatic nitrogens is 3. The second kappa shape index (κ2) is 8.22. The van der Waals surface area contributed by atoms with Crippen molar-refractivity contribution >= 4 is 21.7 Å². The lowest BCUT2D eigenvalue weighted by atomic mass is 9.97. The highest BCUT2D eigenvalue weighted by atomic mass is 16.5. The van der Waals surface area contributed by atoms with Crippen LogP contribution in [0, 0.1) is 11.3 Å². The Morgan fingerprint density at radius 3 is 2.53 bits per heavy atom. The zero-order valence-electron chi connectivity index (χ0n) is 18.3. The largest absolute Gasteiger partial charge is 0.497 e. The molecule has 0 unspecified atom stereocenters. The predicted octanol–water partition coefficient (Wildman–Crippen LogP) is 3.78. The fourth-order valence-corrected chi connectivity index (χ4v) is 4.09. The summed E-state index contributed by atoms with van der Waals surface area (Å²) in [5, 5.41) is 11.4. The number of hydrogen-bond donors (Lipinski definition) is 1. The number of aromatic amines is 1. The summed E-state index contributed by atoms with van der Waals surface area (Å²) in [7, 11) is 3.01. The zero-order valence-corrected chi connectivity index (χ0v) is 18.3. The van der Waals surface area contributed by atoms with E-state index in [1.165, 1.54) is 20.4 Å². The van der Waals surface area contributed by atoms with Crippen LogP contribution in [-0.2, 0) is 0 Å². The van der Waals surface area contributed by atoms with Gasteiger partial charge in [0.25, 0.3) is 5.56 Å². The van der Waals surface area contributed by atoms with Crippen molar-refractivity contribution in [2.24, 2.45) is 0 Å². The Bertz CT molecular complexity index is 1740. The smallest absolute Gasteiger partial charge is 0.333 e. The molecule has 0 aliphatic carbocycles. The molecule has 34 heavy (non-hydrogen) atoms. The number of ether oxygens (including phenoxy) is 2. The molecule has 0 radical (unpaired) electrons. The predicted molar refractivity (Wildman–Crippen MR) is 129 cm³/mol. The monoisotopic (exact) mass is 450 g/mol. The van der Waals surface area contributed by atoms with E-state index in [9.17, 15) is 14.9 Å². The minimum absolute atomic E-state index is 0.259. The van der Waals surface area contributed by atoms with Gasteiger partial charge in [-0.15, -0.1) is 0 Å². The van der Waals surface area contributed by atoms with Gasteiger partial charge >= 0.3 is 5.69 Å². The van der Waals surface area contributed by atoms with Gasteiger partial charge in [0.05, 0.1) is 48.6 Å². The maximum Gasteiger partial charge on any atom is 0.333 e. The molecule has 0 bridgehead atoms. The molecule has 5 rings (SSSR count). The van der Waals surface area contributed by atoms with Gasteiger partial charge in [-0.25, -0.2) is 9.36 Å². The molecule has 8 nitrogen and oxygen atoms in total. The molecule has 0 aliphatic heterocycles. The first kappa shape index (κ1) is 21.0. The molecule has 5 aromatic rings. The van der Waals surface area contributed by atoms with Gasteiger partial charge in [-0.05, 0) is 30.3 Å². The van der Waals surface area contributed by atoms with E-state index < -0.39 is 11.2 Å². The Morgan fingerprint density at radius 1 is 0.941 bits per heavy atom. The molecule has 2 aromatic heterocycles. The molecule has 166 valence electrons. The SMILES string of the molecule is COc1ccc(C#N)c(-c2cc3[nH]c(=O)n(-c4cncc5ccccc45)c(=O)c3cc2OC)c1. The fraction of sp³-hybridized carbons (Fsp3) is 0.0769. The van der Waals surface area contributed by atoms with Crippen LogP contribution in [0.4, 0.5) is 0 Å². The molecule has 0 fully saturated rings. The Balaban J connectivity index is 1.81. The van der Waals surface area contributed by atoms with E-state index in [0.717, 1.165) is 15.3 Å². The van der Waals surface area contributed by atoms with E-state index in [4.69, 9.17) is 9.47 Å². The third-order valence-electron chi connectivity index (χ3n) is 5.74. The molecule has 2 heterocycles. The molecular weight excluding hydrogens is 432 g/mol. The van der Waals surface area contributed by atoms with Crippen molar-refractivity contribution in [2.45, 2.75) is 0 Å². The summed E-state index contributed by atoms with van der Waals surface area (Å²) in [6.45, 7) is 0. The van der Waals surface area contributed by atoms with Crippen LogP contribution in [0.1, 0.15) is 5.56 Å². The summed E-state index contributed by atoms with van der Waals surface area (Å²) in [5.41, 5.74) is 1.10. The van der Waals surface area contributed by atoms with Gasteiger partial charge in [0.15, 0.2) is 0 Å². The van der Waals surface area contributed by atoms with Crippen LogP contribution in [0.15, 0.2) is 76.6 Å². The third-order valence-corrected chi connectivity index (χ3v) is 5.74. The summed E-state index contributed by atoms with van der Waals surface area (Å²) in [6.07, 6.45) is 3.17. The van der Waals surface area contributed by atoms with Crippen molar-refractivity contribution in [3.63, 3.8) is 0 Å². The molecule has 0 amide bonds. The maximum atomic E-state index is 13.5. The zero-order chi connectivity index (χ0) is 23.8. The Labute approximate surface area is 193 Å². The van der Waals surface area contributed by atoms with Crippen molar-refractivity contribution in [3.05, 3.63) is 93.4 Å². The molecule has 0 atom stereocenters. The highest BCUT2D eigenvalue weighted by Crippen LogP contribution is 2.36. The van der Waals surface area contributed by atoms with Crippen LogP contribution in [0.3, 0.4) is 0 Å². The number of methoxy groups -OCH3 is 2. The Hall–Kier alpha value is -4.90. The first-order chi connectivity index (χ1) is 16.5. The highest BCUT2D eigenvalue weighted by Gasteiger charge is 2.18. The topological polar surface area (TPSA) is 110 Å². The third kappa shape index (κ3) is 3.27. The van der Waals surface area contributed by atoms with Gasteiger partial charge in [-0.1, -0.05) is 24.3 Å². The lowest BCUT2D eigenvalue weighted by Crippen LogP contribution is -2.33. The number of H-pyrrole nitrogens is 1. The standard InChI is InChI=1S/C26H18N4O4/c1-33-17-8-7-15(12-27)19(9-17)20-10-22-21(11-24(20)34-2)25(31)30(26(32)29-22)23-14-28-13-16-5-3-4-6-18(16)23/h3-11,13-14H,1-2H3,(H,29,32). The normalized spacial score (nSPS) is 10.9. The highest BCUT2D eigenvalue weighted by molar-refractivity contribution is 5.91. The summed E-state index contributed by atoms with van der Waals surface area (Å²) < 4.78 is 12.0. The number of fused-ring (bicyclic) bond motifs is 2. The summed E-state index contributed by atoms with van der Waals surface area (Å²) in [4.78, 5) is 33.6. The van der Waals surface area contributed by atoms with E-state index in [1.807, 2.05) is 24.3 Å². The van der Waals surface area contributed by atoms with Crippen LogP contribution >= 0.6 is 0 Å².